The van der Waals surface area contributed by atoms with Gasteiger partial charge in [0.1, 0.15) is 12.0 Å². The van der Waals surface area contributed by atoms with Gasteiger partial charge in [0.05, 0.1) is 18.7 Å². The number of nitrogens with zero attached hydrogens (tertiary/aromatic N) is 1. The molecule has 1 aromatic carbocycles. The van der Waals surface area contributed by atoms with Crippen LogP contribution in [-0.4, -0.2) is 19.0 Å². The van der Waals surface area contributed by atoms with Gasteiger partial charge >= 0.3 is 6.18 Å². The number of alkyl halides is 3. The van der Waals surface area contributed by atoms with Crippen LogP contribution in [0.1, 0.15) is 18.4 Å². The zero-order chi connectivity index (χ0) is 18.7. The summed E-state index contributed by atoms with van der Waals surface area (Å²) in [4.78, 5) is 16.9. The van der Waals surface area contributed by atoms with Gasteiger partial charge in [0, 0.05) is 17.7 Å². The van der Waals surface area contributed by atoms with Crippen LogP contribution in [-0.2, 0) is 11.0 Å². The molecule has 2 heterocycles. The van der Waals surface area contributed by atoms with E-state index in [-0.39, 0.29) is 17.6 Å². The van der Waals surface area contributed by atoms with Crippen molar-refractivity contribution in [3.8, 4) is 0 Å². The van der Waals surface area contributed by atoms with E-state index >= 15 is 0 Å². The van der Waals surface area contributed by atoms with Gasteiger partial charge in [-0.25, -0.2) is 9.37 Å². The molecule has 0 unspecified atom stereocenters. The molecule has 0 radical (unpaired) electrons. The first-order chi connectivity index (χ1) is 12.3. The van der Waals surface area contributed by atoms with E-state index in [1.165, 1.54) is 30.3 Å². The highest BCUT2D eigenvalue weighted by atomic mass is 19.4. The summed E-state index contributed by atoms with van der Waals surface area (Å²) in [5.74, 6) is -0.0992. The lowest BCUT2D eigenvalue weighted by molar-refractivity contribution is -0.367. The molecule has 3 rings (SSSR count). The molecule has 0 aliphatic carbocycles. The molecular weight excluding hydrogens is 350 g/mol. The summed E-state index contributed by atoms with van der Waals surface area (Å²) in [6.45, 7) is 1.12. The van der Waals surface area contributed by atoms with E-state index in [0.29, 0.717) is 37.4 Å². The summed E-state index contributed by atoms with van der Waals surface area (Å²) < 4.78 is 50.7. The number of aromatic nitrogens is 1. The lowest BCUT2D eigenvalue weighted by atomic mass is 9.95. The molecule has 8 heteroatoms. The van der Waals surface area contributed by atoms with Crippen LogP contribution in [0.3, 0.4) is 0 Å². The fraction of sp³-hybridized carbons (Fsp3) is 0.333. The van der Waals surface area contributed by atoms with Crippen molar-refractivity contribution in [2.75, 3.05) is 23.3 Å². The summed E-state index contributed by atoms with van der Waals surface area (Å²) in [7, 11) is 0. The third kappa shape index (κ3) is 4.30. The third-order valence-electron chi connectivity index (χ3n) is 4.44. The summed E-state index contributed by atoms with van der Waals surface area (Å²) in [5.41, 5.74) is -0.190. The number of pyridine rings is 1. The van der Waals surface area contributed by atoms with Gasteiger partial charge < -0.3 is 5.32 Å². The average Bonchev–Trinajstić information content (AvgIpc) is 2.63. The van der Waals surface area contributed by atoms with Crippen molar-refractivity contribution in [3.63, 3.8) is 0 Å². The van der Waals surface area contributed by atoms with Gasteiger partial charge in [0.25, 0.3) is 5.82 Å². The molecule has 0 atom stereocenters. The van der Waals surface area contributed by atoms with Crippen molar-refractivity contribution in [2.24, 2.45) is 5.92 Å². The second kappa shape index (κ2) is 7.31. The van der Waals surface area contributed by atoms with Crippen molar-refractivity contribution in [1.29, 1.82) is 0 Å². The second-order valence-corrected chi connectivity index (χ2v) is 6.22. The van der Waals surface area contributed by atoms with Gasteiger partial charge in [-0.3, -0.25) is 9.69 Å². The first kappa shape index (κ1) is 18.2. The maximum absolute atomic E-state index is 12.9. The minimum atomic E-state index is -4.37. The molecule has 26 heavy (non-hydrogen) atoms. The Balaban J connectivity index is 1.55. The topological polar surface area (TPSA) is 46.5 Å². The number of piperidine rings is 1. The van der Waals surface area contributed by atoms with Gasteiger partial charge in [0.2, 0.25) is 5.91 Å². The Morgan fingerprint density at radius 3 is 2.27 bits per heavy atom. The van der Waals surface area contributed by atoms with E-state index in [9.17, 15) is 22.4 Å². The predicted octanol–water partition coefficient (Wildman–Crippen LogP) is 3.51. The summed E-state index contributed by atoms with van der Waals surface area (Å²) in [6.07, 6.45) is -2.26. The molecule has 4 nitrogen and oxygen atoms in total. The monoisotopic (exact) mass is 368 g/mol. The zero-order valence-corrected chi connectivity index (χ0v) is 13.8. The molecule has 1 fully saturated rings. The van der Waals surface area contributed by atoms with Crippen LogP contribution in [0.25, 0.3) is 0 Å². The molecule has 1 aliphatic heterocycles. The highest BCUT2D eigenvalue weighted by molar-refractivity contribution is 5.92. The molecule has 2 aromatic rings. The van der Waals surface area contributed by atoms with Gasteiger partial charge in [-0.1, -0.05) is 0 Å². The highest BCUT2D eigenvalue weighted by Gasteiger charge is 2.33. The van der Waals surface area contributed by atoms with Crippen LogP contribution in [0.5, 0.6) is 0 Å². The lowest BCUT2D eigenvalue weighted by Crippen LogP contribution is -2.40. The second-order valence-electron chi connectivity index (χ2n) is 6.22. The molecule has 1 aliphatic rings. The number of halogens is 4. The Morgan fingerprint density at radius 1 is 1.08 bits per heavy atom. The Kier molecular flexibility index (Phi) is 5.11. The molecule has 0 spiro atoms. The maximum atomic E-state index is 12.9. The number of hydrogen-bond acceptors (Lipinski definition) is 2. The third-order valence-corrected chi connectivity index (χ3v) is 4.44. The molecule has 138 valence electrons. The van der Waals surface area contributed by atoms with Gasteiger partial charge in [-0.15, -0.1) is 0 Å². The molecule has 1 amide bonds. The summed E-state index contributed by atoms with van der Waals surface area (Å²) >= 11 is 0. The van der Waals surface area contributed by atoms with Crippen molar-refractivity contribution in [2.45, 2.75) is 19.0 Å². The van der Waals surface area contributed by atoms with Crippen LogP contribution in [0, 0.1) is 11.7 Å². The van der Waals surface area contributed by atoms with Crippen LogP contribution in [0.15, 0.2) is 42.6 Å². The average molecular weight is 368 g/mol. The van der Waals surface area contributed by atoms with Crippen molar-refractivity contribution in [1.82, 2.24) is 0 Å². The van der Waals surface area contributed by atoms with Gasteiger partial charge in [-0.05, 0) is 43.2 Å². The number of nitrogens with one attached hydrogen (secondary N) is 2. The minimum absolute atomic E-state index is 0.132. The molecule has 2 N–H and O–H groups in total. The Hall–Kier alpha value is -2.64. The van der Waals surface area contributed by atoms with E-state index in [1.807, 2.05) is 4.90 Å². The fourth-order valence-electron chi connectivity index (χ4n) is 2.95. The number of amides is 1. The molecular formula is C18H18F4N3O+. The largest absolute Gasteiger partial charge is 0.419 e. The molecule has 0 saturated carbocycles. The normalized spacial score (nSPS) is 15.8. The highest BCUT2D eigenvalue weighted by Crippen LogP contribution is 2.29. The number of hydrogen-bond donors (Lipinski definition) is 1. The summed E-state index contributed by atoms with van der Waals surface area (Å²) in [5, 5.41) is 2.76. The van der Waals surface area contributed by atoms with Crippen LogP contribution in [0.4, 0.5) is 29.1 Å². The van der Waals surface area contributed by atoms with Crippen molar-refractivity contribution in [3.05, 3.63) is 54.0 Å². The van der Waals surface area contributed by atoms with Crippen molar-refractivity contribution >= 4 is 17.4 Å². The van der Waals surface area contributed by atoms with E-state index in [2.05, 4.69) is 10.3 Å². The van der Waals surface area contributed by atoms with E-state index in [1.54, 1.807) is 0 Å². The maximum Gasteiger partial charge on any atom is 0.419 e. The zero-order valence-electron chi connectivity index (χ0n) is 13.8. The SMILES string of the molecule is O=C(Nc1ccc(F)cc1)C1CCN(c2ccc(C(F)(F)F)c[nH+]2)CC1. The smallest absolute Gasteiger partial charge is 0.326 e. The van der Waals surface area contributed by atoms with Crippen LogP contribution < -0.4 is 15.2 Å². The van der Waals surface area contributed by atoms with E-state index in [4.69, 9.17) is 0 Å². The minimum Gasteiger partial charge on any atom is -0.326 e. The molecule has 1 saturated heterocycles. The number of benzene rings is 1. The number of H-pyrrole nitrogens is 1. The van der Waals surface area contributed by atoms with Gasteiger partial charge in [-0.2, -0.15) is 13.2 Å². The number of carbonyl (C=O) groups excluding carboxylic acids is 1. The quantitative estimate of drug-likeness (QED) is 0.843. The molecule has 1 aromatic heterocycles. The van der Waals surface area contributed by atoms with E-state index < -0.39 is 11.7 Å². The fourth-order valence-corrected chi connectivity index (χ4v) is 2.95. The van der Waals surface area contributed by atoms with E-state index in [0.717, 1.165) is 12.3 Å². The lowest BCUT2D eigenvalue weighted by Gasteiger charge is -2.27. The Labute approximate surface area is 147 Å². The summed E-state index contributed by atoms with van der Waals surface area (Å²) in [6, 6.07) is 8.00. The number of aromatic amines is 1. The Bertz CT molecular complexity index is 752. The first-order valence-electron chi connectivity index (χ1n) is 8.23. The Morgan fingerprint density at radius 2 is 1.73 bits per heavy atom. The van der Waals surface area contributed by atoms with Gasteiger partial charge in [0.15, 0.2) is 0 Å². The predicted molar refractivity (Wildman–Crippen MR) is 88.0 cm³/mol. The number of anilines is 2. The number of rotatable bonds is 3. The van der Waals surface area contributed by atoms with Crippen LogP contribution in [0.2, 0.25) is 0 Å². The standard InChI is InChI=1S/C18H17F4N3O/c19-14-2-4-15(5-3-14)24-17(26)12-7-9-25(10-8-12)16-6-1-13(11-23-16)18(20,21)22/h1-6,11-12H,7-10H2,(H,24,26)/p+1. The number of carbonyl (C=O) groups is 1. The first-order valence-corrected chi connectivity index (χ1v) is 8.23. The molecule has 0 bridgehead atoms. The van der Waals surface area contributed by atoms with Crippen LogP contribution >= 0.6 is 0 Å². The van der Waals surface area contributed by atoms with Crippen molar-refractivity contribution < 1.29 is 27.3 Å².